The standard InChI is InChI=1S/C11H9N3OS/c12-6-9-5-8(7-15)1-2-10(9)16-11-13-3-4-14-11/h1-5,15H,7H2,(H,13,14). The minimum Gasteiger partial charge on any atom is -0.392 e. The molecule has 0 aliphatic heterocycles. The highest BCUT2D eigenvalue weighted by Crippen LogP contribution is 2.28. The fraction of sp³-hybridized carbons (Fsp3) is 0.0909. The summed E-state index contributed by atoms with van der Waals surface area (Å²) in [6, 6.07) is 7.41. The van der Waals surface area contributed by atoms with Gasteiger partial charge in [-0.2, -0.15) is 5.26 Å². The molecule has 0 saturated carbocycles. The summed E-state index contributed by atoms with van der Waals surface area (Å²) in [5.74, 6) is 0. The summed E-state index contributed by atoms with van der Waals surface area (Å²) in [7, 11) is 0. The number of aliphatic hydroxyl groups excluding tert-OH is 1. The van der Waals surface area contributed by atoms with Crippen molar-refractivity contribution < 1.29 is 5.11 Å². The van der Waals surface area contributed by atoms with Gasteiger partial charge in [0.1, 0.15) is 6.07 Å². The van der Waals surface area contributed by atoms with E-state index in [-0.39, 0.29) is 6.61 Å². The Morgan fingerprint density at radius 3 is 3.00 bits per heavy atom. The number of nitrogens with zero attached hydrogens (tertiary/aromatic N) is 2. The molecule has 1 heterocycles. The number of benzene rings is 1. The molecule has 80 valence electrons. The first-order chi connectivity index (χ1) is 7.83. The molecule has 0 amide bonds. The summed E-state index contributed by atoms with van der Waals surface area (Å²) in [5.41, 5.74) is 1.29. The Bertz CT molecular complexity index is 517. The number of hydrogen-bond acceptors (Lipinski definition) is 4. The highest BCUT2D eigenvalue weighted by Gasteiger charge is 2.06. The molecule has 5 heteroatoms. The van der Waals surface area contributed by atoms with E-state index in [4.69, 9.17) is 10.4 Å². The molecule has 0 unspecified atom stereocenters. The smallest absolute Gasteiger partial charge is 0.170 e. The summed E-state index contributed by atoms with van der Waals surface area (Å²) in [6.07, 6.45) is 3.40. The van der Waals surface area contributed by atoms with Crippen LogP contribution in [-0.2, 0) is 6.61 Å². The van der Waals surface area contributed by atoms with Crippen molar-refractivity contribution in [1.29, 1.82) is 5.26 Å². The number of aliphatic hydroxyl groups is 1. The molecule has 0 saturated heterocycles. The molecular formula is C11H9N3OS. The van der Waals surface area contributed by atoms with E-state index < -0.39 is 0 Å². The van der Waals surface area contributed by atoms with Crippen molar-refractivity contribution in [2.45, 2.75) is 16.7 Å². The van der Waals surface area contributed by atoms with Crippen LogP contribution >= 0.6 is 11.8 Å². The number of aromatic nitrogens is 2. The number of imidazole rings is 1. The fourth-order valence-corrected chi connectivity index (χ4v) is 2.06. The molecular weight excluding hydrogens is 222 g/mol. The van der Waals surface area contributed by atoms with E-state index in [0.717, 1.165) is 15.6 Å². The number of hydrogen-bond donors (Lipinski definition) is 2. The van der Waals surface area contributed by atoms with Gasteiger partial charge in [-0.25, -0.2) is 4.98 Å². The Morgan fingerprint density at radius 2 is 2.38 bits per heavy atom. The molecule has 0 spiro atoms. The summed E-state index contributed by atoms with van der Waals surface area (Å²) in [6.45, 7) is -0.0552. The van der Waals surface area contributed by atoms with Crippen LogP contribution in [0, 0.1) is 11.3 Å². The normalized spacial score (nSPS) is 10.0. The maximum Gasteiger partial charge on any atom is 0.170 e. The summed E-state index contributed by atoms with van der Waals surface area (Å²) in [4.78, 5) is 7.87. The lowest BCUT2D eigenvalue weighted by Gasteiger charge is -2.03. The van der Waals surface area contributed by atoms with E-state index in [9.17, 15) is 0 Å². The Labute approximate surface area is 97.0 Å². The number of nitrogens with one attached hydrogen (secondary N) is 1. The fourth-order valence-electron chi connectivity index (χ4n) is 1.26. The van der Waals surface area contributed by atoms with Gasteiger partial charge in [-0.3, -0.25) is 0 Å². The topological polar surface area (TPSA) is 72.7 Å². The number of H-pyrrole nitrogens is 1. The summed E-state index contributed by atoms with van der Waals surface area (Å²) >= 11 is 1.39. The van der Waals surface area contributed by atoms with Gasteiger partial charge in [0.05, 0.1) is 12.2 Å². The SMILES string of the molecule is N#Cc1cc(CO)ccc1Sc1ncc[nH]1. The van der Waals surface area contributed by atoms with Gasteiger partial charge in [0.2, 0.25) is 0 Å². The van der Waals surface area contributed by atoms with Crippen LogP contribution in [0.5, 0.6) is 0 Å². The summed E-state index contributed by atoms with van der Waals surface area (Å²) < 4.78 is 0. The predicted molar refractivity (Wildman–Crippen MR) is 59.8 cm³/mol. The Morgan fingerprint density at radius 1 is 1.50 bits per heavy atom. The van der Waals surface area contributed by atoms with E-state index in [1.807, 2.05) is 6.07 Å². The van der Waals surface area contributed by atoms with Crippen molar-refractivity contribution in [2.75, 3.05) is 0 Å². The number of aromatic amines is 1. The molecule has 2 aromatic rings. The second-order valence-corrected chi connectivity index (χ2v) is 4.13. The first kappa shape index (κ1) is 10.7. The molecule has 0 aliphatic carbocycles. The van der Waals surface area contributed by atoms with Gasteiger partial charge < -0.3 is 10.1 Å². The van der Waals surface area contributed by atoms with Crippen molar-refractivity contribution in [3.8, 4) is 6.07 Å². The molecule has 4 nitrogen and oxygen atoms in total. The average molecular weight is 231 g/mol. The third-order valence-electron chi connectivity index (χ3n) is 2.03. The van der Waals surface area contributed by atoms with Gasteiger partial charge in [-0.05, 0) is 17.7 Å². The maximum atomic E-state index is 8.99. The van der Waals surface area contributed by atoms with Crippen LogP contribution in [0.3, 0.4) is 0 Å². The van der Waals surface area contributed by atoms with Gasteiger partial charge >= 0.3 is 0 Å². The maximum absolute atomic E-state index is 8.99. The lowest BCUT2D eigenvalue weighted by atomic mass is 10.1. The predicted octanol–water partition coefficient (Wildman–Crippen LogP) is 1.92. The Kier molecular flexibility index (Phi) is 3.25. The second kappa shape index (κ2) is 4.84. The number of rotatable bonds is 3. The van der Waals surface area contributed by atoms with E-state index >= 15 is 0 Å². The van der Waals surface area contributed by atoms with Crippen molar-refractivity contribution in [3.63, 3.8) is 0 Å². The van der Waals surface area contributed by atoms with Crippen LogP contribution in [0.15, 0.2) is 40.6 Å². The Balaban J connectivity index is 2.31. The molecule has 1 aromatic carbocycles. The van der Waals surface area contributed by atoms with Crippen LogP contribution in [0.1, 0.15) is 11.1 Å². The van der Waals surface area contributed by atoms with Crippen molar-refractivity contribution in [1.82, 2.24) is 9.97 Å². The van der Waals surface area contributed by atoms with Gasteiger partial charge in [0.15, 0.2) is 5.16 Å². The van der Waals surface area contributed by atoms with Crippen LogP contribution in [0.25, 0.3) is 0 Å². The minimum absolute atomic E-state index is 0.0552. The quantitative estimate of drug-likeness (QED) is 0.846. The third-order valence-corrected chi connectivity index (χ3v) is 3.02. The van der Waals surface area contributed by atoms with Gasteiger partial charge in [-0.1, -0.05) is 17.8 Å². The van der Waals surface area contributed by atoms with Gasteiger partial charge in [0, 0.05) is 17.3 Å². The van der Waals surface area contributed by atoms with Crippen LogP contribution in [0.2, 0.25) is 0 Å². The van der Waals surface area contributed by atoms with Gasteiger partial charge in [-0.15, -0.1) is 0 Å². The van der Waals surface area contributed by atoms with E-state index in [1.54, 1.807) is 24.5 Å². The zero-order valence-electron chi connectivity index (χ0n) is 8.34. The monoisotopic (exact) mass is 231 g/mol. The summed E-state index contributed by atoms with van der Waals surface area (Å²) in [5, 5.41) is 18.7. The third kappa shape index (κ3) is 2.24. The zero-order chi connectivity index (χ0) is 11.4. The van der Waals surface area contributed by atoms with Crippen LogP contribution in [0.4, 0.5) is 0 Å². The molecule has 2 N–H and O–H groups in total. The van der Waals surface area contributed by atoms with Gasteiger partial charge in [0.25, 0.3) is 0 Å². The number of nitriles is 1. The van der Waals surface area contributed by atoms with E-state index in [0.29, 0.717) is 5.56 Å². The molecule has 0 fully saturated rings. The molecule has 2 rings (SSSR count). The minimum atomic E-state index is -0.0552. The molecule has 0 atom stereocenters. The van der Waals surface area contributed by atoms with E-state index in [2.05, 4.69) is 16.0 Å². The highest BCUT2D eigenvalue weighted by atomic mass is 32.2. The highest BCUT2D eigenvalue weighted by molar-refractivity contribution is 7.99. The van der Waals surface area contributed by atoms with Crippen molar-refractivity contribution in [2.24, 2.45) is 0 Å². The Hall–Kier alpha value is -1.77. The first-order valence-corrected chi connectivity index (χ1v) is 5.46. The molecule has 0 bridgehead atoms. The van der Waals surface area contributed by atoms with Crippen molar-refractivity contribution in [3.05, 3.63) is 41.7 Å². The lowest BCUT2D eigenvalue weighted by Crippen LogP contribution is -1.88. The molecule has 0 aliphatic rings. The van der Waals surface area contributed by atoms with Crippen molar-refractivity contribution >= 4 is 11.8 Å². The molecule has 1 aromatic heterocycles. The molecule has 0 radical (unpaired) electrons. The van der Waals surface area contributed by atoms with Crippen LogP contribution in [-0.4, -0.2) is 15.1 Å². The zero-order valence-corrected chi connectivity index (χ0v) is 9.16. The second-order valence-electron chi connectivity index (χ2n) is 3.10. The molecule has 16 heavy (non-hydrogen) atoms. The lowest BCUT2D eigenvalue weighted by molar-refractivity contribution is 0.281. The first-order valence-electron chi connectivity index (χ1n) is 4.64. The van der Waals surface area contributed by atoms with E-state index in [1.165, 1.54) is 11.8 Å². The largest absolute Gasteiger partial charge is 0.392 e. The van der Waals surface area contributed by atoms with Crippen LogP contribution < -0.4 is 0 Å². The average Bonchev–Trinajstić information content (AvgIpc) is 2.82.